The van der Waals surface area contributed by atoms with Crippen molar-refractivity contribution in [3.8, 4) is 5.75 Å². The van der Waals surface area contributed by atoms with E-state index < -0.39 is 33.9 Å². The summed E-state index contributed by atoms with van der Waals surface area (Å²) in [4.78, 5) is 39.1. The van der Waals surface area contributed by atoms with Crippen molar-refractivity contribution in [2.45, 2.75) is 57.3 Å². The van der Waals surface area contributed by atoms with Crippen molar-refractivity contribution < 1.29 is 15.0 Å². The highest BCUT2D eigenvalue weighted by Gasteiger charge is 2.42. The van der Waals surface area contributed by atoms with E-state index in [4.69, 9.17) is 10.1 Å². The highest BCUT2D eigenvalue weighted by atomic mass is 16.4. The van der Waals surface area contributed by atoms with Crippen LogP contribution in [0.1, 0.15) is 63.0 Å². The van der Waals surface area contributed by atoms with Crippen molar-refractivity contribution in [2.75, 3.05) is 0 Å². The molecule has 1 heterocycles. The summed E-state index contributed by atoms with van der Waals surface area (Å²) in [5, 5.41) is 18.8. The molecule has 2 aromatic carbocycles. The Morgan fingerprint density at radius 2 is 1.81 bits per heavy atom. The number of para-hydroxylation sites is 1. The number of carboxylic acid groups (broad SMARTS) is 1. The number of benzene rings is 1. The smallest absolute Gasteiger partial charge is 0.303 e. The summed E-state index contributed by atoms with van der Waals surface area (Å²) in [7, 11) is 0. The van der Waals surface area contributed by atoms with Gasteiger partial charge in [-0.3, -0.25) is 19.4 Å². The predicted octanol–water partition coefficient (Wildman–Crippen LogP) is 3.17. The molecular weight excluding hydrogens is 346 g/mol. The van der Waals surface area contributed by atoms with Crippen LogP contribution in [0.3, 0.4) is 0 Å². The Morgan fingerprint density at radius 3 is 2.44 bits per heavy atom. The number of aliphatic carboxylic acids is 1. The van der Waals surface area contributed by atoms with Gasteiger partial charge < -0.3 is 10.2 Å². The van der Waals surface area contributed by atoms with Crippen LogP contribution < -0.4 is 10.9 Å². The average molecular weight is 369 g/mol. The van der Waals surface area contributed by atoms with Crippen LogP contribution in [0.15, 0.2) is 38.8 Å². The van der Waals surface area contributed by atoms with E-state index in [1.165, 1.54) is 0 Å². The molecule has 2 N–H and O–H groups in total. The first-order valence-corrected chi connectivity index (χ1v) is 9.17. The molecule has 0 bridgehead atoms. The molecule has 0 saturated carbocycles. The number of hydrogen-bond acceptors (Lipinski definition) is 5. The number of carbonyl (C=O) groups is 1. The Kier molecular flexibility index (Phi) is 5.00. The van der Waals surface area contributed by atoms with Gasteiger partial charge in [0.15, 0.2) is 5.75 Å². The second-order valence-corrected chi connectivity index (χ2v) is 7.61. The number of unbranched alkanes of at least 4 members (excludes halogenated alkanes) is 2. The SMILES string of the molecule is CC1(C)C(C(CCCCCC(=O)O)c2c(O)c(=O)c2=O)=Nc2ccccc21. The van der Waals surface area contributed by atoms with E-state index in [-0.39, 0.29) is 12.0 Å². The summed E-state index contributed by atoms with van der Waals surface area (Å²) in [6, 6.07) is 7.75. The monoisotopic (exact) mass is 369 g/mol. The Hall–Kier alpha value is -2.76. The quantitative estimate of drug-likeness (QED) is 0.549. The maximum Gasteiger partial charge on any atom is 0.303 e. The summed E-state index contributed by atoms with van der Waals surface area (Å²) < 4.78 is 0. The van der Waals surface area contributed by atoms with Crippen molar-refractivity contribution in [1.29, 1.82) is 0 Å². The zero-order valence-corrected chi connectivity index (χ0v) is 15.5. The fraction of sp³-hybridized carbons (Fsp3) is 0.429. The van der Waals surface area contributed by atoms with E-state index >= 15 is 0 Å². The molecule has 1 aliphatic rings. The van der Waals surface area contributed by atoms with Crippen molar-refractivity contribution in [3.05, 3.63) is 55.8 Å². The zero-order valence-electron chi connectivity index (χ0n) is 15.5. The molecule has 0 saturated heterocycles. The van der Waals surface area contributed by atoms with E-state index in [1.807, 2.05) is 38.1 Å². The number of nitrogens with zero attached hydrogens (tertiary/aromatic N) is 1. The van der Waals surface area contributed by atoms with Crippen molar-refractivity contribution in [3.63, 3.8) is 0 Å². The van der Waals surface area contributed by atoms with Crippen LogP contribution in [0.4, 0.5) is 5.69 Å². The lowest BCUT2D eigenvalue weighted by molar-refractivity contribution is -0.137. The maximum atomic E-state index is 12.1. The Morgan fingerprint density at radius 1 is 1.11 bits per heavy atom. The number of aliphatic imine (C=N–C) groups is 1. The molecule has 1 unspecified atom stereocenters. The molecule has 1 atom stereocenters. The molecule has 0 spiro atoms. The molecule has 0 amide bonds. The fourth-order valence-corrected chi connectivity index (χ4v) is 3.96. The van der Waals surface area contributed by atoms with Crippen LogP contribution in [-0.2, 0) is 10.2 Å². The summed E-state index contributed by atoms with van der Waals surface area (Å²) >= 11 is 0. The van der Waals surface area contributed by atoms with Gasteiger partial charge in [0, 0.05) is 23.5 Å². The number of fused-ring (bicyclic) bond motifs is 1. The van der Waals surface area contributed by atoms with E-state index in [0.29, 0.717) is 25.7 Å². The zero-order chi connectivity index (χ0) is 19.8. The third-order valence-corrected chi connectivity index (χ3v) is 5.44. The highest BCUT2D eigenvalue weighted by Crippen LogP contribution is 2.45. The maximum absolute atomic E-state index is 12.1. The highest BCUT2D eigenvalue weighted by molar-refractivity contribution is 6.05. The fourth-order valence-electron chi connectivity index (χ4n) is 3.96. The molecule has 0 aromatic heterocycles. The lowest BCUT2D eigenvalue weighted by atomic mass is 9.72. The molecule has 6 nitrogen and oxygen atoms in total. The lowest BCUT2D eigenvalue weighted by Gasteiger charge is -2.29. The van der Waals surface area contributed by atoms with Crippen molar-refractivity contribution >= 4 is 17.4 Å². The third-order valence-electron chi connectivity index (χ3n) is 5.44. The summed E-state index contributed by atoms with van der Waals surface area (Å²) in [6.45, 7) is 4.05. The third kappa shape index (κ3) is 3.31. The van der Waals surface area contributed by atoms with Gasteiger partial charge in [-0.2, -0.15) is 0 Å². The van der Waals surface area contributed by atoms with E-state index in [2.05, 4.69) is 0 Å². The van der Waals surface area contributed by atoms with E-state index in [1.54, 1.807) is 0 Å². The minimum absolute atomic E-state index is 0.105. The Bertz CT molecular complexity index is 979. The molecule has 6 heteroatoms. The average Bonchev–Trinajstić information content (AvgIpc) is 2.90. The first kappa shape index (κ1) is 19.0. The number of hydrogen-bond donors (Lipinski definition) is 2. The number of rotatable bonds is 8. The number of carboxylic acids is 1. The van der Waals surface area contributed by atoms with Crippen LogP contribution in [0.25, 0.3) is 0 Å². The molecular formula is C21H23NO5. The minimum Gasteiger partial charge on any atom is -0.504 e. The first-order valence-electron chi connectivity index (χ1n) is 9.17. The Balaban J connectivity index is 1.89. The van der Waals surface area contributed by atoms with Gasteiger partial charge in [0.1, 0.15) is 0 Å². The lowest BCUT2D eigenvalue weighted by Crippen LogP contribution is -2.41. The molecule has 3 rings (SSSR count). The van der Waals surface area contributed by atoms with Gasteiger partial charge in [0.05, 0.1) is 11.3 Å². The van der Waals surface area contributed by atoms with E-state index in [9.17, 15) is 19.5 Å². The molecule has 0 aliphatic carbocycles. The molecule has 1 aliphatic heterocycles. The van der Waals surface area contributed by atoms with Crippen LogP contribution in [0, 0.1) is 0 Å². The normalized spacial score (nSPS) is 16.1. The first-order chi connectivity index (χ1) is 12.7. The minimum atomic E-state index is -0.838. The van der Waals surface area contributed by atoms with Gasteiger partial charge in [0.25, 0.3) is 5.43 Å². The van der Waals surface area contributed by atoms with Gasteiger partial charge in [-0.05, 0) is 24.5 Å². The van der Waals surface area contributed by atoms with Gasteiger partial charge >= 0.3 is 5.97 Å². The summed E-state index contributed by atoms with van der Waals surface area (Å²) in [6.07, 6.45) is 2.57. The van der Waals surface area contributed by atoms with Crippen LogP contribution in [0.2, 0.25) is 0 Å². The molecule has 0 radical (unpaired) electrons. The predicted molar refractivity (Wildman–Crippen MR) is 103 cm³/mol. The van der Waals surface area contributed by atoms with Gasteiger partial charge in [0.2, 0.25) is 5.43 Å². The van der Waals surface area contributed by atoms with Crippen molar-refractivity contribution in [2.24, 2.45) is 4.99 Å². The van der Waals surface area contributed by atoms with Crippen LogP contribution >= 0.6 is 0 Å². The van der Waals surface area contributed by atoms with Gasteiger partial charge in [-0.15, -0.1) is 0 Å². The largest absolute Gasteiger partial charge is 0.504 e. The van der Waals surface area contributed by atoms with Crippen LogP contribution in [-0.4, -0.2) is 21.9 Å². The molecule has 2 aromatic rings. The molecule has 27 heavy (non-hydrogen) atoms. The molecule has 0 fully saturated rings. The second kappa shape index (κ2) is 7.10. The number of aromatic hydroxyl groups is 1. The van der Waals surface area contributed by atoms with Crippen molar-refractivity contribution in [1.82, 2.24) is 0 Å². The second-order valence-electron chi connectivity index (χ2n) is 7.61. The topological polar surface area (TPSA) is 104 Å². The standard InChI is InChI=1S/C21H23NO5/c1-21(2)13-9-6-7-10-14(13)22-20(21)12(8-4-3-5-11-15(23)24)16-17(25)19(27)18(16)26/h6-7,9-10,12,25H,3-5,8,11H2,1-2H3,(H,23,24). The summed E-state index contributed by atoms with van der Waals surface area (Å²) in [5.41, 5.74) is 0.907. The van der Waals surface area contributed by atoms with Gasteiger partial charge in [-0.25, -0.2) is 0 Å². The Labute approximate surface area is 156 Å². The summed E-state index contributed by atoms with van der Waals surface area (Å²) in [5.74, 6) is -1.73. The van der Waals surface area contributed by atoms with Gasteiger partial charge in [-0.1, -0.05) is 44.9 Å². The molecule has 142 valence electrons. The van der Waals surface area contributed by atoms with E-state index in [0.717, 1.165) is 17.0 Å². The van der Waals surface area contributed by atoms with Crippen LogP contribution in [0.5, 0.6) is 5.75 Å².